The number of benzene rings is 7. The molecule has 0 aliphatic heterocycles. The van der Waals surface area contributed by atoms with E-state index >= 15 is 0 Å². The van der Waals surface area contributed by atoms with Crippen LogP contribution in [0.2, 0.25) is 0 Å². The number of nitrogens with zero attached hydrogens (tertiary/aromatic N) is 4. The molecule has 1 aliphatic carbocycles. The van der Waals surface area contributed by atoms with Crippen LogP contribution in [0.3, 0.4) is 0 Å². The predicted molar refractivity (Wildman–Crippen MR) is 222 cm³/mol. The van der Waals surface area contributed by atoms with Gasteiger partial charge in [0.2, 0.25) is 5.95 Å². The summed E-state index contributed by atoms with van der Waals surface area (Å²) in [5, 5.41) is 4.14. The van der Waals surface area contributed by atoms with Crippen molar-refractivity contribution in [1.29, 1.82) is 0 Å². The van der Waals surface area contributed by atoms with Crippen LogP contribution in [0.4, 0.5) is 0 Å². The summed E-state index contributed by atoms with van der Waals surface area (Å²) < 4.78 is 8.74. The zero-order valence-electron chi connectivity index (χ0n) is 29.5. The quantitative estimate of drug-likeness (QED) is 0.183. The molecule has 4 aromatic heterocycles. The fraction of sp³-hybridized carbons (Fsp3) is 0.0200. The Morgan fingerprint density at radius 2 is 1.15 bits per heavy atom. The second kappa shape index (κ2) is 11.3. The van der Waals surface area contributed by atoms with E-state index in [0.717, 1.165) is 60.5 Å². The smallest absolute Gasteiger partial charge is 0.236 e. The molecule has 0 amide bonds. The fourth-order valence-corrected chi connectivity index (χ4v) is 9.31. The first-order valence-electron chi connectivity index (χ1n) is 18.6. The highest BCUT2D eigenvalue weighted by Crippen LogP contribution is 2.58. The van der Waals surface area contributed by atoms with Crippen molar-refractivity contribution in [3.63, 3.8) is 0 Å². The number of para-hydroxylation sites is 2. The van der Waals surface area contributed by atoms with Gasteiger partial charge in [-0.3, -0.25) is 9.55 Å². The summed E-state index contributed by atoms with van der Waals surface area (Å²) in [7, 11) is 0. The Hall–Kier alpha value is -7.37. The van der Waals surface area contributed by atoms with Crippen LogP contribution in [-0.4, -0.2) is 19.5 Å². The largest absolute Gasteiger partial charge is 0.452 e. The van der Waals surface area contributed by atoms with E-state index in [1.165, 1.54) is 33.4 Å². The van der Waals surface area contributed by atoms with Crippen molar-refractivity contribution in [3.8, 4) is 28.3 Å². The highest BCUT2D eigenvalue weighted by atomic mass is 16.3. The number of pyridine rings is 1. The average Bonchev–Trinajstić information content (AvgIpc) is 3.91. The molecule has 1 aliphatic rings. The molecule has 0 saturated heterocycles. The molecule has 5 nitrogen and oxygen atoms in total. The Morgan fingerprint density at radius 1 is 0.491 bits per heavy atom. The lowest BCUT2D eigenvalue weighted by atomic mass is 9.67. The molecule has 7 aromatic carbocycles. The summed E-state index contributed by atoms with van der Waals surface area (Å²) in [6.45, 7) is 0. The molecule has 5 heteroatoms. The molecule has 0 fully saturated rings. The minimum atomic E-state index is -0.600. The third-order valence-corrected chi connectivity index (χ3v) is 11.5. The molecule has 256 valence electrons. The SMILES string of the molecule is c1ccc(-c2nc(-n3c4ccccc4c4cnc5c6c(ccc5c43)-c3ccccc3C6(c3ccccc3)c3ccccc3)nc3c2oc2ccccc23)cc1. The maximum absolute atomic E-state index is 6.50. The maximum Gasteiger partial charge on any atom is 0.236 e. The fourth-order valence-electron chi connectivity index (χ4n) is 9.31. The van der Waals surface area contributed by atoms with Crippen molar-refractivity contribution in [2.24, 2.45) is 0 Å². The molecule has 0 spiro atoms. The second-order valence-electron chi connectivity index (χ2n) is 14.3. The van der Waals surface area contributed by atoms with E-state index in [4.69, 9.17) is 19.4 Å². The Kier molecular flexibility index (Phi) is 6.20. The first-order valence-corrected chi connectivity index (χ1v) is 18.6. The Morgan fingerprint density at radius 3 is 1.93 bits per heavy atom. The van der Waals surface area contributed by atoms with Crippen LogP contribution in [-0.2, 0) is 5.41 Å². The monoisotopic (exact) mass is 702 g/mol. The van der Waals surface area contributed by atoms with E-state index in [2.05, 4.69) is 150 Å². The number of aromatic nitrogens is 4. The molecule has 0 unspecified atom stereocenters. The van der Waals surface area contributed by atoms with Crippen molar-refractivity contribution < 1.29 is 4.42 Å². The van der Waals surface area contributed by atoms with Crippen molar-refractivity contribution >= 4 is 54.8 Å². The van der Waals surface area contributed by atoms with Gasteiger partial charge in [-0.05, 0) is 46.0 Å². The van der Waals surface area contributed by atoms with Gasteiger partial charge >= 0.3 is 0 Å². The number of furan rings is 1. The number of rotatable bonds is 4. The van der Waals surface area contributed by atoms with Crippen LogP contribution in [0, 0.1) is 0 Å². The van der Waals surface area contributed by atoms with Gasteiger partial charge in [0.25, 0.3) is 0 Å². The summed E-state index contributed by atoms with van der Waals surface area (Å²) in [5.74, 6) is 0.581. The lowest BCUT2D eigenvalue weighted by Crippen LogP contribution is -2.29. The van der Waals surface area contributed by atoms with E-state index in [9.17, 15) is 0 Å². The lowest BCUT2D eigenvalue weighted by molar-refractivity contribution is 0.666. The van der Waals surface area contributed by atoms with Crippen molar-refractivity contribution in [1.82, 2.24) is 19.5 Å². The minimum Gasteiger partial charge on any atom is -0.452 e. The van der Waals surface area contributed by atoms with E-state index < -0.39 is 5.41 Å². The van der Waals surface area contributed by atoms with Gasteiger partial charge in [-0.15, -0.1) is 0 Å². The van der Waals surface area contributed by atoms with Gasteiger partial charge in [-0.25, -0.2) is 9.97 Å². The summed E-state index contributed by atoms with van der Waals surface area (Å²) in [6.07, 6.45) is 2.06. The number of hydrogen-bond donors (Lipinski definition) is 0. The van der Waals surface area contributed by atoms with Crippen LogP contribution in [0.15, 0.2) is 187 Å². The van der Waals surface area contributed by atoms with Gasteiger partial charge in [-0.2, -0.15) is 0 Å². The number of fused-ring (bicyclic) bond motifs is 12. The molecule has 0 radical (unpaired) electrons. The van der Waals surface area contributed by atoms with Crippen molar-refractivity contribution in [2.45, 2.75) is 5.41 Å². The molecule has 4 heterocycles. The summed E-state index contributed by atoms with van der Waals surface area (Å²) in [6, 6.07) is 62.1. The first kappa shape index (κ1) is 30.1. The van der Waals surface area contributed by atoms with E-state index in [0.29, 0.717) is 11.5 Å². The van der Waals surface area contributed by atoms with E-state index in [1.807, 2.05) is 36.4 Å². The Labute approximate surface area is 315 Å². The zero-order valence-corrected chi connectivity index (χ0v) is 29.5. The molecule has 12 rings (SSSR count). The summed E-state index contributed by atoms with van der Waals surface area (Å²) in [5.41, 5.74) is 13.6. The van der Waals surface area contributed by atoms with Crippen molar-refractivity contribution in [3.05, 3.63) is 204 Å². The van der Waals surface area contributed by atoms with E-state index in [-0.39, 0.29) is 0 Å². The summed E-state index contributed by atoms with van der Waals surface area (Å²) in [4.78, 5) is 16.2. The topological polar surface area (TPSA) is 56.7 Å². The molecule has 0 N–H and O–H groups in total. The highest BCUT2D eigenvalue weighted by Gasteiger charge is 2.47. The van der Waals surface area contributed by atoms with Crippen LogP contribution in [0.5, 0.6) is 0 Å². The molecular weight excluding hydrogens is 673 g/mol. The Bertz CT molecular complexity index is 3270. The molecular formula is C50H30N4O. The van der Waals surface area contributed by atoms with Gasteiger partial charge in [0.15, 0.2) is 5.58 Å². The maximum atomic E-state index is 6.50. The molecule has 0 bridgehead atoms. The third-order valence-electron chi connectivity index (χ3n) is 11.5. The van der Waals surface area contributed by atoms with Crippen LogP contribution in [0.1, 0.15) is 22.3 Å². The van der Waals surface area contributed by atoms with Gasteiger partial charge in [0.1, 0.15) is 16.8 Å². The highest BCUT2D eigenvalue weighted by molar-refractivity contribution is 6.19. The molecule has 0 saturated carbocycles. The van der Waals surface area contributed by atoms with Gasteiger partial charge in [0.05, 0.1) is 22.0 Å². The molecule has 55 heavy (non-hydrogen) atoms. The van der Waals surface area contributed by atoms with Gasteiger partial charge in [0, 0.05) is 38.9 Å². The average molecular weight is 703 g/mol. The van der Waals surface area contributed by atoms with Crippen molar-refractivity contribution in [2.75, 3.05) is 0 Å². The normalized spacial score (nSPS) is 13.2. The first-order chi connectivity index (χ1) is 27.3. The Balaban J connectivity index is 1.25. The number of hydrogen-bond acceptors (Lipinski definition) is 4. The lowest BCUT2D eigenvalue weighted by Gasteiger charge is -2.34. The zero-order chi connectivity index (χ0) is 36.1. The van der Waals surface area contributed by atoms with Crippen LogP contribution in [0.25, 0.3) is 83.1 Å². The standard InChI is InChI=1S/C50H30N4O/c1-4-16-31(17-5-1)44-48-46(37-24-12-15-27-42(37)55-48)53-49(52-44)54-41-26-14-11-23-35(41)39-30-51-45-38(47(39)54)29-28-36-34-22-10-13-25-40(34)50(43(36)45,32-18-6-2-7-19-32)33-20-8-3-9-21-33/h1-30H. The summed E-state index contributed by atoms with van der Waals surface area (Å²) >= 11 is 0. The minimum absolute atomic E-state index is 0.581. The molecule has 11 aromatic rings. The van der Waals surface area contributed by atoms with Crippen LogP contribution >= 0.6 is 0 Å². The third kappa shape index (κ3) is 4.04. The van der Waals surface area contributed by atoms with E-state index in [1.54, 1.807) is 0 Å². The van der Waals surface area contributed by atoms with Crippen LogP contribution < -0.4 is 0 Å². The molecule has 0 atom stereocenters. The van der Waals surface area contributed by atoms with Gasteiger partial charge < -0.3 is 4.42 Å². The van der Waals surface area contributed by atoms with Gasteiger partial charge in [-0.1, -0.05) is 158 Å². The predicted octanol–water partition coefficient (Wildman–Crippen LogP) is 12.1. The second-order valence-corrected chi connectivity index (χ2v) is 14.3.